The van der Waals surface area contributed by atoms with E-state index in [4.69, 9.17) is 9.47 Å². The van der Waals surface area contributed by atoms with Gasteiger partial charge in [-0.3, -0.25) is 9.59 Å². The number of ketones is 1. The molecule has 2 bridgehead atoms. The van der Waals surface area contributed by atoms with E-state index in [0.29, 0.717) is 29.5 Å². The Bertz CT molecular complexity index is 644. The number of fused-ring (bicyclic) bond motifs is 6. The molecule has 24 heavy (non-hydrogen) atoms. The molecule has 0 aromatic carbocycles. The molecular weight excluding hydrogens is 304 g/mol. The van der Waals surface area contributed by atoms with E-state index in [9.17, 15) is 9.59 Å². The predicted octanol–water partition coefficient (Wildman–Crippen LogP) is 3.09. The minimum Gasteiger partial charge on any atom is -0.435 e. The second kappa shape index (κ2) is 4.25. The topological polar surface area (TPSA) is 52.6 Å². The van der Waals surface area contributed by atoms with E-state index in [0.717, 1.165) is 32.1 Å². The summed E-state index contributed by atoms with van der Waals surface area (Å²) in [5.41, 5.74) is 0.237. The molecule has 0 radical (unpaired) electrons. The Labute approximate surface area is 142 Å². The zero-order chi connectivity index (χ0) is 16.3. The fourth-order valence-corrected chi connectivity index (χ4v) is 8.35. The number of hydrogen-bond acceptors (Lipinski definition) is 4. The highest BCUT2D eigenvalue weighted by Crippen LogP contribution is 2.73. The van der Waals surface area contributed by atoms with Crippen LogP contribution < -0.4 is 0 Å². The molecule has 6 rings (SSSR count). The van der Waals surface area contributed by atoms with E-state index in [-0.39, 0.29) is 35.1 Å². The van der Waals surface area contributed by atoms with Crippen LogP contribution in [0.4, 0.5) is 0 Å². The third-order valence-electron chi connectivity index (χ3n) is 9.24. The molecule has 2 aliphatic heterocycles. The van der Waals surface area contributed by atoms with Crippen molar-refractivity contribution in [1.29, 1.82) is 0 Å². The van der Waals surface area contributed by atoms with Gasteiger partial charge in [-0.05, 0) is 67.6 Å². The zero-order valence-corrected chi connectivity index (χ0v) is 14.3. The molecule has 4 heteroatoms. The second-order valence-electron chi connectivity index (χ2n) is 9.71. The van der Waals surface area contributed by atoms with Crippen molar-refractivity contribution >= 4 is 11.8 Å². The smallest absolute Gasteiger partial charge is 0.312 e. The Morgan fingerprint density at radius 2 is 2.00 bits per heavy atom. The van der Waals surface area contributed by atoms with Gasteiger partial charge < -0.3 is 9.47 Å². The molecular formula is C20H26O4. The summed E-state index contributed by atoms with van der Waals surface area (Å²) in [5.74, 6) is 2.92. The number of rotatable bonds is 0. The fourth-order valence-electron chi connectivity index (χ4n) is 8.35. The van der Waals surface area contributed by atoms with Crippen molar-refractivity contribution in [3.05, 3.63) is 0 Å². The van der Waals surface area contributed by atoms with Crippen LogP contribution in [-0.4, -0.2) is 24.1 Å². The maximum absolute atomic E-state index is 12.3. The van der Waals surface area contributed by atoms with Crippen LogP contribution in [0.3, 0.4) is 0 Å². The summed E-state index contributed by atoms with van der Waals surface area (Å²) in [5, 5.41) is 0. The molecule has 4 nitrogen and oxygen atoms in total. The molecule has 1 unspecified atom stereocenters. The minimum atomic E-state index is -0.273. The van der Waals surface area contributed by atoms with Gasteiger partial charge in [-0.2, -0.15) is 0 Å². The number of ether oxygens (including phenoxy) is 2. The van der Waals surface area contributed by atoms with Gasteiger partial charge in [0.2, 0.25) is 6.29 Å². The first-order valence-corrected chi connectivity index (χ1v) is 9.92. The Balaban J connectivity index is 1.43. The first-order chi connectivity index (χ1) is 11.5. The molecule has 2 heterocycles. The maximum atomic E-state index is 12.3. The van der Waals surface area contributed by atoms with Crippen molar-refractivity contribution in [1.82, 2.24) is 0 Å². The average molecular weight is 330 g/mol. The molecule has 9 atom stereocenters. The number of carbonyl (C=O) groups excluding carboxylic acids is 2. The third kappa shape index (κ3) is 1.40. The number of Topliss-reactive ketones (excluding diaryl/α,β-unsaturated/α-hetero) is 1. The lowest BCUT2D eigenvalue weighted by atomic mass is 9.44. The Hall–Kier alpha value is -0.900. The lowest BCUT2D eigenvalue weighted by Crippen LogP contribution is -2.57. The second-order valence-corrected chi connectivity index (χ2v) is 9.71. The Morgan fingerprint density at radius 3 is 2.88 bits per heavy atom. The highest BCUT2D eigenvalue weighted by Gasteiger charge is 2.76. The van der Waals surface area contributed by atoms with Crippen LogP contribution in [0.25, 0.3) is 0 Å². The van der Waals surface area contributed by atoms with Crippen molar-refractivity contribution in [2.24, 2.45) is 40.4 Å². The summed E-state index contributed by atoms with van der Waals surface area (Å²) in [4.78, 5) is 24.3. The van der Waals surface area contributed by atoms with Gasteiger partial charge in [-0.15, -0.1) is 0 Å². The van der Waals surface area contributed by atoms with Gasteiger partial charge in [0.25, 0.3) is 0 Å². The molecule has 0 aromatic heterocycles. The van der Waals surface area contributed by atoms with Crippen molar-refractivity contribution in [3.8, 4) is 0 Å². The molecule has 0 N–H and O–H groups in total. The summed E-state index contributed by atoms with van der Waals surface area (Å²) >= 11 is 0. The van der Waals surface area contributed by atoms with Gasteiger partial charge in [0.1, 0.15) is 5.78 Å². The van der Waals surface area contributed by atoms with Crippen molar-refractivity contribution in [2.45, 2.75) is 70.7 Å². The Kier molecular flexibility index (Phi) is 2.53. The standard InChI is InChI=1S/C20H26O4/c1-19-7-6-11(21)8-10(19)2-3-12-13-4-5-14-17(22)24-18-20(13,14)9-15(23-18)16(12)19/h10,12-16,18H,2-9H2,1H3/t10-,12-,13-,14+,15-,16+,18?,19-,20+/m0/s1. The number of carbonyl (C=O) groups is 2. The molecule has 4 saturated carbocycles. The quantitative estimate of drug-likeness (QED) is 0.641. The number of esters is 1. The lowest BCUT2D eigenvalue weighted by molar-refractivity contribution is -0.178. The molecule has 6 fully saturated rings. The lowest BCUT2D eigenvalue weighted by Gasteiger charge is -2.59. The van der Waals surface area contributed by atoms with Gasteiger partial charge in [-0.1, -0.05) is 6.92 Å². The van der Waals surface area contributed by atoms with Gasteiger partial charge in [0, 0.05) is 12.8 Å². The van der Waals surface area contributed by atoms with Gasteiger partial charge in [0.15, 0.2) is 0 Å². The summed E-state index contributed by atoms with van der Waals surface area (Å²) in [6, 6.07) is 0. The Morgan fingerprint density at radius 1 is 1.12 bits per heavy atom. The van der Waals surface area contributed by atoms with Gasteiger partial charge in [-0.25, -0.2) is 0 Å². The van der Waals surface area contributed by atoms with Crippen LogP contribution in [-0.2, 0) is 19.1 Å². The monoisotopic (exact) mass is 330 g/mol. The van der Waals surface area contributed by atoms with Crippen molar-refractivity contribution in [2.75, 3.05) is 0 Å². The summed E-state index contributed by atoms with van der Waals surface area (Å²) in [6.45, 7) is 2.44. The van der Waals surface area contributed by atoms with Gasteiger partial charge >= 0.3 is 5.97 Å². The molecule has 0 amide bonds. The average Bonchev–Trinajstić information content (AvgIpc) is 3.14. The van der Waals surface area contributed by atoms with E-state index >= 15 is 0 Å². The van der Waals surface area contributed by atoms with E-state index < -0.39 is 0 Å². The summed E-state index contributed by atoms with van der Waals surface area (Å²) < 4.78 is 12.1. The highest BCUT2D eigenvalue weighted by atomic mass is 16.7. The first-order valence-electron chi connectivity index (χ1n) is 9.92. The number of hydrogen-bond donors (Lipinski definition) is 0. The fraction of sp³-hybridized carbons (Fsp3) is 0.900. The van der Waals surface area contributed by atoms with Gasteiger partial charge in [0.05, 0.1) is 17.4 Å². The largest absolute Gasteiger partial charge is 0.435 e. The SMILES string of the molecule is C[C@]12CCC(=O)C[C@@H]1CC[C@@H]1[C@@H]2[C@@H]2C[C@]34C(OC(=O)[C@H]3CC[C@@H]14)O2. The van der Waals surface area contributed by atoms with Crippen LogP contribution in [0.5, 0.6) is 0 Å². The van der Waals surface area contributed by atoms with E-state index in [1.54, 1.807) is 0 Å². The molecule has 130 valence electrons. The maximum Gasteiger partial charge on any atom is 0.312 e. The minimum absolute atomic E-state index is 0.00237. The summed E-state index contributed by atoms with van der Waals surface area (Å²) in [6.07, 6.45) is 8.14. The molecule has 2 saturated heterocycles. The normalized spacial score (nSPS) is 60.5. The molecule has 1 spiro atoms. The molecule has 6 aliphatic rings. The highest BCUT2D eigenvalue weighted by molar-refractivity contribution is 5.80. The van der Waals surface area contributed by atoms with E-state index in [1.165, 1.54) is 19.3 Å². The van der Waals surface area contributed by atoms with Crippen LogP contribution >= 0.6 is 0 Å². The van der Waals surface area contributed by atoms with Crippen LogP contribution in [0.1, 0.15) is 58.3 Å². The van der Waals surface area contributed by atoms with E-state index in [1.807, 2.05) is 0 Å². The van der Waals surface area contributed by atoms with Crippen LogP contribution in [0, 0.1) is 40.4 Å². The van der Waals surface area contributed by atoms with Crippen molar-refractivity contribution in [3.63, 3.8) is 0 Å². The van der Waals surface area contributed by atoms with Crippen LogP contribution in [0.2, 0.25) is 0 Å². The van der Waals surface area contributed by atoms with Crippen molar-refractivity contribution < 1.29 is 19.1 Å². The zero-order valence-electron chi connectivity index (χ0n) is 14.3. The third-order valence-corrected chi connectivity index (χ3v) is 9.24. The first kappa shape index (κ1) is 14.3. The van der Waals surface area contributed by atoms with E-state index in [2.05, 4.69) is 6.92 Å². The predicted molar refractivity (Wildman–Crippen MR) is 84.7 cm³/mol. The molecule has 0 aromatic rings. The molecule has 4 aliphatic carbocycles. The summed E-state index contributed by atoms with van der Waals surface area (Å²) in [7, 11) is 0. The van der Waals surface area contributed by atoms with Crippen LogP contribution in [0.15, 0.2) is 0 Å².